The van der Waals surface area contributed by atoms with E-state index in [0.29, 0.717) is 12.4 Å². The van der Waals surface area contributed by atoms with Crippen LogP contribution in [0.2, 0.25) is 0 Å². The molecular formula is C21H26N4O2. The lowest BCUT2D eigenvalue weighted by Crippen LogP contribution is -2.46. The highest BCUT2D eigenvalue weighted by atomic mass is 16.5. The minimum absolute atomic E-state index is 0.142. The van der Waals surface area contributed by atoms with Crippen LogP contribution in [0.15, 0.2) is 36.7 Å². The van der Waals surface area contributed by atoms with Crippen LogP contribution >= 0.6 is 0 Å². The standard InChI is InChI=1S/C21H26N4O2/c1-16-13-22-14-20(23-16)27-18-8-11-24(12-9-18)15-21(26)25-10-4-6-17-5-2-3-7-19(17)25/h2-3,5,7,13-14,18H,4,6,8-12,15H2,1H3. The molecule has 2 aliphatic rings. The smallest absolute Gasteiger partial charge is 0.241 e. The van der Waals surface area contributed by atoms with E-state index in [1.165, 1.54) is 5.56 Å². The van der Waals surface area contributed by atoms with Crippen LogP contribution in [-0.2, 0) is 11.2 Å². The fraction of sp³-hybridized carbons (Fsp3) is 0.476. The molecule has 0 spiro atoms. The number of aryl methyl sites for hydroxylation is 2. The number of hydrogen-bond donors (Lipinski definition) is 0. The molecule has 0 radical (unpaired) electrons. The van der Waals surface area contributed by atoms with Crippen LogP contribution in [0.3, 0.4) is 0 Å². The van der Waals surface area contributed by atoms with Crippen molar-refractivity contribution in [1.29, 1.82) is 0 Å². The molecule has 142 valence electrons. The molecule has 6 heteroatoms. The number of hydrogen-bond acceptors (Lipinski definition) is 5. The fourth-order valence-electron chi connectivity index (χ4n) is 3.92. The van der Waals surface area contributed by atoms with Crippen molar-refractivity contribution >= 4 is 11.6 Å². The normalized spacial score (nSPS) is 18.2. The number of nitrogens with zero attached hydrogens (tertiary/aromatic N) is 4. The Morgan fingerprint density at radius 3 is 2.81 bits per heavy atom. The van der Waals surface area contributed by atoms with Crippen molar-refractivity contribution in [2.75, 3.05) is 31.1 Å². The molecule has 6 nitrogen and oxygen atoms in total. The van der Waals surface area contributed by atoms with E-state index in [1.807, 2.05) is 17.9 Å². The van der Waals surface area contributed by atoms with Gasteiger partial charge in [0.15, 0.2) is 0 Å². The predicted octanol–water partition coefficient (Wildman–Crippen LogP) is 2.61. The highest BCUT2D eigenvalue weighted by Crippen LogP contribution is 2.27. The molecule has 1 fully saturated rings. The van der Waals surface area contributed by atoms with Crippen molar-refractivity contribution in [3.05, 3.63) is 47.9 Å². The summed E-state index contributed by atoms with van der Waals surface area (Å²) in [6, 6.07) is 8.26. The minimum Gasteiger partial charge on any atom is -0.473 e. The molecule has 1 aromatic heterocycles. The van der Waals surface area contributed by atoms with Crippen LogP contribution in [0.5, 0.6) is 5.88 Å². The van der Waals surface area contributed by atoms with E-state index < -0.39 is 0 Å². The molecule has 3 heterocycles. The molecule has 1 saturated heterocycles. The van der Waals surface area contributed by atoms with Crippen LogP contribution in [0, 0.1) is 6.92 Å². The van der Waals surface area contributed by atoms with Crippen molar-refractivity contribution in [2.24, 2.45) is 0 Å². The van der Waals surface area contributed by atoms with E-state index in [2.05, 4.69) is 33.1 Å². The second-order valence-electron chi connectivity index (χ2n) is 7.37. The molecular weight excluding hydrogens is 340 g/mol. The zero-order chi connectivity index (χ0) is 18.6. The number of carbonyl (C=O) groups is 1. The second kappa shape index (κ2) is 8.05. The topological polar surface area (TPSA) is 58.6 Å². The summed E-state index contributed by atoms with van der Waals surface area (Å²) >= 11 is 0. The Hall–Kier alpha value is -2.47. The second-order valence-corrected chi connectivity index (χ2v) is 7.37. The summed E-state index contributed by atoms with van der Waals surface area (Å²) in [6.45, 7) is 4.94. The molecule has 0 bridgehead atoms. The monoisotopic (exact) mass is 366 g/mol. The van der Waals surface area contributed by atoms with Gasteiger partial charge in [-0.05, 0) is 44.2 Å². The number of ether oxygens (including phenoxy) is 1. The Balaban J connectivity index is 1.30. The third kappa shape index (κ3) is 4.27. The number of piperidine rings is 1. The van der Waals surface area contributed by atoms with Gasteiger partial charge in [-0.25, -0.2) is 4.98 Å². The first-order chi connectivity index (χ1) is 13.2. The average molecular weight is 366 g/mol. The van der Waals surface area contributed by atoms with Crippen LogP contribution < -0.4 is 9.64 Å². The Morgan fingerprint density at radius 1 is 1.19 bits per heavy atom. The zero-order valence-electron chi connectivity index (χ0n) is 15.8. The molecule has 1 aromatic carbocycles. The van der Waals surface area contributed by atoms with Gasteiger partial charge in [0.2, 0.25) is 11.8 Å². The van der Waals surface area contributed by atoms with Crippen molar-refractivity contribution in [1.82, 2.24) is 14.9 Å². The SMILES string of the molecule is Cc1cncc(OC2CCN(CC(=O)N3CCCc4ccccc43)CC2)n1. The van der Waals surface area contributed by atoms with Gasteiger partial charge in [-0.1, -0.05) is 18.2 Å². The molecule has 2 aromatic rings. The third-order valence-electron chi connectivity index (χ3n) is 5.33. The minimum atomic E-state index is 0.142. The Morgan fingerprint density at radius 2 is 2.00 bits per heavy atom. The van der Waals surface area contributed by atoms with Crippen LogP contribution in [0.1, 0.15) is 30.5 Å². The van der Waals surface area contributed by atoms with Gasteiger partial charge in [-0.15, -0.1) is 0 Å². The molecule has 0 saturated carbocycles. The lowest BCUT2D eigenvalue weighted by Gasteiger charge is -2.34. The van der Waals surface area contributed by atoms with Gasteiger partial charge < -0.3 is 9.64 Å². The van der Waals surface area contributed by atoms with Gasteiger partial charge in [0.1, 0.15) is 6.10 Å². The van der Waals surface area contributed by atoms with Gasteiger partial charge >= 0.3 is 0 Å². The molecule has 0 atom stereocenters. The average Bonchev–Trinajstić information content (AvgIpc) is 2.69. The number of aromatic nitrogens is 2. The number of likely N-dealkylation sites (tertiary alicyclic amines) is 1. The first kappa shape index (κ1) is 17.9. The van der Waals surface area contributed by atoms with E-state index in [-0.39, 0.29) is 12.0 Å². The van der Waals surface area contributed by atoms with Crippen LogP contribution in [-0.4, -0.2) is 53.1 Å². The molecule has 27 heavy (non-hydrogen) atoms. The van der Waals surface area contributed by atoms with Crippen molar-refractivity contribution in [2.45, 2.75) is 38.7 Å². The van der Waals surface area contributed by atoms with E-state index >= 15 is 0 Å². The maximum Gasteiger partial charge on any atom is 0.241 e. The maximum atomic E-state index is 12.9. The lowest BCUT2D eigenvalue weighted by molar-refractivity contribution is -0.120. The quantitative estimate of drug-likeness (QED) is 0.832. The summed E-state index contributed by atoms with van der Waals surface area (Å²) in [4.78, 5) is 25.6. The van der Waals surface area contributed by atoms with Gasteiger partial charge in [-0.3, -0.25) is 14.7 Å². The number of amides is 1. The van der Waals surface area contributed by atoms with Crippen molar-refractivity contribution < 1.29 is 9.53 Å². The predicted molar refractivity (Wildman–Crippen MR) is 104 cm³/mol. The van der Waals surface area contributed by atoms with Crippen molar-refractivity contribution in [3.63, 3.8) is 0 Å². The first-order valence-electron chi connectivity index (χ1n) is 9.75. The number of rotatable bonds is 4. The summed E-state index contributed by atoms with van der Waals surface area (Å²) in [5.41, 5.74) is 3.23. The summed E-state index contributed by atoms with van der Waals surface area (Å²) in [5.74, 6) is 0.792. The van der Waals surface area contributed by atoms with E-state index in [0.717, 1.165) is 56.7 Å². The third-order valence-corrected chi connectivity index (χ3v) is 5.33. The maximum absolute atomic E-state index is 12.9. The largest absolute Gasteiger partial charge is 0.473 e. The number of benzene rings is 1. The molecule has 0 N–H and O–H groups in total. The number of anilines is 1. The van der Waals surface area contributed by atoms with Crippen LogP contribution in [0.25, 0.3) is 0 Å². The van der Waals surface area contributed by atoms with E-state index in [4.69, 9.17) is 4.74 Å². The first-order valence-corrected chi connectivity index (χ1v) is 9.75. The Kier molecular flexibility index (Phi) is 5.34. The van der Waals surface area contributed by atoms with E-state index in [1.54, 1.807) is 12.4 Å². The molecule has 2 aliphatic heterocycles. The molecule has 4 rings (SSSR count). The molecule has 0 unspecified atom stereocenters. The number of carbonyl (C=O) groups excluding carboxylic acids is 1. The highest BCUT2D eigenvalue weighted by Gasteiger charge is 2.27. The lowest BCUT2D eigenvalue weighted by atomic mass is 10.0. The number of para-hydroxylation sites is 1. The molecule has 0 aliphatic carbocycles. The van der Waals surface area contributed by atoms with Gasteiger partial charge in [0.25, 0.3) is 0 Å². The van der Waals surface area contributed by atoms with Gasteiger partial charge in [-0.2, -0.15) is 0 Å². The highest BCUT2D eigenvalue weighted by molar-refractivity contribution is 5.95. The summed E-state index contributed by atoms with van der Waals surface area (Å²) < 4.78 is 5.96. The Labute approximate surface area is 160 Å². The molecule has 1 amide bonds. The fourth-order valence-corrected chi connectivity index (χ4v) is 3.92. The summed E-state index contributed by atoms with van der Waals surface area (Å²) in [7, 11) is 0. The Bertz CT molecular complexity index is 802. The van der Waals surface area contributed by atoms with Gasteiger partial charge in [0.05, 0.1) is 18.4 Å². The van der Waals surface area contributed by atoms with Crippen molar-refractivity contribution in [3.8, 4) is 5.88 Å². The zero-order valence-corrected chi connectivity index (χ0v) is 15.8. The summed E-state index contributed by atoms with van der Waals surface area (Å²) in [6.07, 6.45) is 7.43. The van der Waals surface area contributed by atoms with Crippen LogP contribution in [0.4, 0.5) is 5.69 Å². The summed E-state index contributed by atoms with van der Waals surface area (Å²) in [5, 5.41) is 0. The van der Waals surface area contributed by atoms with E-state index in [9.17, 15) is 4.79 Å². The van der Waals surface area contributed by atoms with Gasteiger partial charge in [0, 0.05) is 31.5 Å². The number of fused-ring (bicyclic) bond motifs is 1.